The van der Waals surface area contributed by atoms with Crippen LogP contribution in [0.3, 0.4) is 0 Å². The maximum Gasteiger partial charge on any atom is 0.303 e. The molecule has 0 spiro atoms. The van der Waals surface area contributed by atoms with Gasteiger partial charge in [0, 0.05) is 22.5 Å². The Morgan fingerprint density at radius 2 is 2.24 bits per heavy atom. The largest absolute Gasteiger partial charge is 0.481 e. The first-order chi connectivity index (χ1) is 10.1. The number of amides is 1. The number of aromatic nitrogens is 2. The van der Waals surface area contributed by atoms with Crippen LogP contribution in [0, 0.1) is 0 Å². The summed E-state index contributed by atoms with van der Waals surface area (Å²) in [7, 11) is 0. The molecule has 0 saturated carbocycles. The van der Waals surface area contributed by atoms with E-state index >= 15 is 0 Å². The van der Waals surface area contributed by atoms with Gasteiger partial charge in [0.15, 0.2) is 5.13 Å². The second-order valence-corrected chi connectivity index (χ2v) is 5.89. The van der Waals surface area contributed by atoms with Gasteiger partial charge in [0.1, 0.15) is 5.69 Å². The van der Waals surface area contributed by atoms with Crippen LogP contribution in [0.4, 0.5) is 5.13 Å². The number of pyridine rings is 1. The predicted molar refractivity (Wildman–Crippen MR) is 82.6 cm³/mol. The fourth-order valence-electron chi connectivity index (χ4n) is 1.61. The van der Waals surface area contributed by atoms with Crippen molar-refractivity contribution >= 4 is 44.3 Å². The monoisotopic (exact) mass is 369 g/mol. The Bertz CT molecular complexity index is 660. The molecule has 21 heavy (non-hydrogen) atoms. The number of rotatable bonds is 6. The smallest absolute Gasteiger partial charge is 0.303 e. The van der Waals surface area contributed by atoms with Crippen molar-refractivity contribution in [1.29, 1.82) is 0 Å². The second kappa shape index (κ2) is 7.28. The van der Waals surface area contributed by atoms with Crippen LogP contribution in [0.15, 0.2) is 28.2 Å². The van der Waals surface area contributed by atoms with E-state index in [0.29, 0.717) is 28.1 Å². The fraction of sp³-hybridized carbons (Fsp3) is 0.231. The molecule has 0 aliphatic carbocycles. The highest BCUT2D eigenvalue weighted by atomic mass is 79.9. The molecule has 0 saturated heterocycles. The zero-order chi connectivity index (χ0) is 15.2. The van der Waals surface area contributed by atoms with Gasteiger partial charge in [-0.15, -0.1) is 11.3 Å². The molecule has 110 valence electrons. The number of anilines is 1. The first kappa shape index (κ1) is 15.6. The van der Waals surface area contributed by atoms with Crippen LogP contribution in [-0.2, 0) is 11.2 Å². The molecule has 2 aromatic heterocycles. The van der Waals surface area contributed by atoms with Crippen molar-refractivity contribution in [1.82, 2.24) is 9.97 Å². The number of aliphatic carboxylic acids is 1. The Morgan fingerprint density at radius 1 is 1.43 bits per heavy atom. The van der Waals surface area contributed by atoms with Crippen LogP contribution >= 0.6 is 27.3 Å². The molecule has 1 amide bonds. The van der Waals surface area contributed by atoms with Crippen LogP contribution < -0.4 is 5.32 Å². The summed E-state index contributed by atoms with van der Waals surface area (Å²) in [6.45, 7) is 0. The maximum atomic E-state index is 12.0. The molecule has 0 bridgehead atoms. The summed E-state index contributed by atoms with van der Waals surface area (Å²) in [6.07, 6.45) is 2.75. The topological polar surface area (TPSA) is 92.2 Å². The third kappa shape index (κ3) is 4.61. The van der Waals surface area contributed by atoms with Crippen molar-refractivity contribution in [2.75, 3.05) is 5.32 Å². The molecule has 0 atom stereocenters. The van der Waals surface area contributed by atoms with Gasteiger partial charge in [-0.05, 0) is 40.9 Å². The zero-order valence-electron chi connectivity index (χ0n) is 10.9. The zero-order valence-corrected chi connectivity index (χ0v) is 13.3. The Hall–Kier alpha value is -1.80. The van der Waals surface area contributed by atoms with Gasteiger partial charge in [-0.2, -0.15) is 0 Å². The number of thiazole rings is 1. The van der Waals surface area contributed by atoms with E-state index in [9.17, 15) is 9.59 Å². The molecular formula is C13H12BrN3O3S. The number of aryl methyl sites for hydroxylation is 1. The molecule has 0 aliphatic rings. The van der Waals surface area contributed by atoms with Crippen LogP contribution in [0.5, 0.6) is 0 Å². The van der Waals surface area contributed by atoms with Gasteiger partial charge in [0.2, 0.25) is 0 Å². The SMILES string of the molecule is O=C(O)CCCc1csc(NC(=O)c2ncccc2Br)n1. The molecular weight excluding hydrogens is 358 g/mol. The second-order valence-electron chi connectivity index (χ2n) is 4.18. The van der Waals surface area contributed by atoms with Gasteiger partial charge >= 0.3 is 5.97 Å². The van der Waals surface area contributed by atoms with Crippen molar-refractivity contribution in [3.8, 4) is 0 Å². The van der Waals surface area contributed by atoms with E-state index in [1.54, 1.807) is 18.3 Å². The first-order valence-corrected chi connectivity index (χ1v) is 7.81. The molecule has 2 aromatic rings. The maximum absolute atomic E-state index is 12.0. The number of carboxylic acid groups (broad SMARTS) is 1. The lowest BCUT2D eigenvalue weighted by Gasteiger charge is -2.02. The molecule has 0 fully saturated rings. The number of carbonyl (C=O) groups excluding carboxylic acids is 1. The van der Waals surface area contributed by atoms with E-state index < -0.39 is 5.97 Å². The molecule has 2 heterocycles. The number of carbonyl (C=O) groups is 2. The third-order valence-corrected chi connectivity index (χ3v) is 4.02. The quantitative estimate of drug-likeness (QED) is 0.816. The minimum absolute atomic E-state index is 0.111. The van der Waals surface area contributed by atoms with E-state index in [2.05, 4.69) is 31.2 Å². The van der Waals surface area contributed by atoms with Gasteiger partial charge in [0.25, 0.3) is 5.91 Å². The summed E-state index contributed by atoms with van der Waals surface area (Å²) >= 11 is 4.57. The van der Waals surface area contributed by atoms with Crippen molar-refractivity contribution in [2.45, 2.75) is 19.3 Å². The van der Waals surface area contributed by atoms with Gasteiger partial charge in [-0.1, -0.05) is 0 Å². The molecule has 0 radical (unpaired) electrons. The van der Waals surface area contributed by atoms with Crippen molar-refractivity contribution < 1.29 is 14.7 Å². The highest BCUT2D eigenvalue weighted by Crippen LogP contribution is 2.19. The summed E-state index contributed by atoms with van der Waals surface area (Å²) in [4.78, 5) is 30.7. The highest BCUT2D eigenvalue weighted by Gasteiger charge is 2.13. The number of hydrogen-bond donors (Lipinski definition) is 2. The fourth-order valence-corrected chi connectivity index (χ4v) is 2.78. The van der Waals surface area contributed by atoms with E-state index in [1.165, 1.54) is 11.3 Å². The molecule has 2 rings (SSSR count). The van der Waals surface area contributed by atoms with E-state index in [-0.39, 0.29) is 12.3 Å². The van der Waals surface area contributed by atoms with Crippen LogP contribution in [0.1, 0.15) is 29.0 Å². The van der Waals surface area contributed by atoms with E-state index in [1.807, 2.05) is 5.38 Å². The normalized spacial score (nSPS) is 10.3. The summed E-state index contributed by atoms with van der Waals surface area (Å²) in [5.41, 5.74) is 1.07. The predicted octanol–water partition coefficient (Wildman–Crippen LogP) is 2.96. The van der Waals surface area contributed by atoms with Gasteiger partial charge < -0.3 is 5.11 Å². The molecule has 2 N–H and O–H groups in total. The molecule has 6 nitrogen and oxygen atoms in total. The average Bonchev–Trinajstić information content (AvgIpc) is 2.86. The summed E-state index contributed by atoms with van der Waals surface area (Å²) in [6, 6.07) is 3.46. The minimum Gasteiger partial charge on any atom is -0.481 e. The van der Waals surface area contributed by atoms with E-state index in [0.717, 1.165) is 5.69 Å². The van der Waals surface area contributed by atoms with Crippen LogP contribution in [0.25, 0.3) is 0 Å². The Labute approximate surface area is 133 Å². The standard InChI is InChI=1S/C13H12BrN3O3S/c14-9-4-2-6-15-11(9)12(20)17-13-16-8(7-21-13)3-1-5-10(18)19/h2,4,6-7H,1,3,5H2,(H,18,19)(H,16,17,20). The lowest BCUT2D eigenvalue weighted by Crippen LogP contribution is -2.14. The molecule has 0 aromatic carbocycles. The minimum atomic E-state index is -0.821. The summed E-state index contributed by atoms with van der Waals surface area (Å²) in [5, 5.41) is 13.5. The number of nitrogens with one attached hydrogen (secondary N) is 1. The molecule has 8 heteroatoms. The number of halogens is 1. The number of carboxylic acids is 1. The Morgan fingerprint density at radius 3 is 2.95 bits per heavy atom. The summed E-state index contributed by atoms with van der Waals surface area (Å²) < 4.78 is 0.612. The van der Waals surface area contributed by atoms with Crippen LogP contribution in [-0.4, -0.2) is 27.0 Å². The highest BCUT2D eigenvalue weighted by molar-refractivity contribution is 9.10. The number of hydrogen-bond acceptors (Lipinski definition) is 5. The Balaban J connectivity index is 1.95. The van der Waals surface area contributed by atoms with Crippen molar-refractivity contribution in [2.24, 2.45) is 0 Å². The van der Waals surface area contributed by atoms with Gasteiger partial charge in [-0.25, -0.2) is 9.97 Å². The Kier molecular flexibility index (Phi) is 5.40. The lowest BCUT2D eigenvalue weighted by atomic mass is 10.2. The average molecular weight is 370 g/mol. The first-order valence-electron chi connectivity index (χ1n) is 6.14. The van der Waals surface area contributed by atoms with Gasteiger partial charge in [0.05, 0.1) is 5.69 Å². The molecule has 0 aliphatic heterocycles. The van der Waals surface area contributed by atoms with Crippen LogP contribution in [0.2, 0.25) is 0 Å². The third-order valence-electron chi connectivity index (χ3n) is 2.57. The van der Waals surface area contributed by atoms with Crippen molar-refractivity contribution in [3.63, 3.8) is 0 Å². The number of nitrogens with zero attached hydrogens (tertiary/aromatic N) is 2. The van der Waals surface area contributed by atoms with Gasteiger partial charge in [-0.3, -0.25) is 14.9 Å². The summed E-state index contributed by atoms with van der Waals surface area (Å²) in [5.74, 6) is -1.16. The lowest BCUT2D eigenvalue weighted by molar-refractivity contribution is -0.137. The van der Waals surface area contributed by atoms with E-state index in [4.69, 9.17) is 5.11 Å². The van der Waals surface area contributed by atoms with Crippen molar-refractivity contribution in [3.05, 3.63) is 39.6 Å². The molecule has 0 unspecified atom stereocenters.